The minimum absolute atomic E-state index is 0.903. The van der Waals surface area contributed by atoms with E-state index >= 15 is 0 Å². The summed E-state index contributed by atoms with van der Waals surface area (Å²) in [6.07, 6.45) is 4.00. The van der Waals surface area contributed by atoms with Gasteiger partial charge in [-0.15, -0.1) is 0 Å². The number of anilines is 1. The molecule has 2 aliphatic rings. The van der Waals surface area contributed by atoms with Gasteiger partial charge in [0.25, 0.3) is 0 Å². The molecule has 2 nitrogen and oxygen atoms in total. The minimum Gasteiger partial charge on any atom is -0.337 e. The third-order valence-electron chi connectivity index (χ3n) is 4.47. The number of rotatable bonds is 2. The van der Waals surface area contributed by atoms with Crippen molar-refractivity contribution < 1.29 is 0 Å². The molecule has 2 aromatic rings. The van der Waals surface area contributed by atoms with E-state index in [1.807, 2.05) is 6.21 Å². The summed E-state index contributed by atoms with van der Waals surface area (Å²) in [5, 5.41) is 0. The van der Waals surface area contributed by atoms with Crippen molar-refractivity contribution in [1.29, 1.82) is 0 Å². The quantitative estimate of drug-likeness (QED) is 0.787. The molecule has 0 radical (unpaired) electrons. The molecule has 0 aromatic heterocycles. The lowest BCUT2D eigenvalue weighted by molar-refractivity contribution is 1.04. The van der Waals surface area contributed by atoms with Gasteiger partial charge in [-0.2, -0.15) is 0 Å². The average Bonchev–Trinajstić information content (AvgIpc) is 3.11. The van der Waals surface area contributed by atoms with E-state index in [1.54, 1.807) is 0 Å². The molecule has 2 aromatic carbocycles. The molecule has 0 fully saturated rings. The molecule has 0 N–H and O–H groups in total. The van der Waals surface area contributed by atoms with Gasteiger partial charge in [0.15, 0.2) is 0 Å². The SMILES string of the molecule is C=C1c2cc(CC)ccc2CN1c1ccc2c(c1)N=CC2. The van der Waals surface area contributed by atoms with E-state index < -0.39 is 0 Å². The van der Waals surface area contributed by atoms with Crippen LogP contribution in [0.3, 0.4) is 0 Å². The van der Waals surface area contributed by atoms with E-state index in [1.165, 1.54) is 27.9 Å². The highest BCUT2D eigenvalue weighted by molar-refractivity contribution is 5.86. The Morgan fingerprint density at radius 2 is 2.00 bits per heavy atom. The van der Waals surface area contributed by atoms with Crippen LogP contribution in [0.4, 0.5) is 11.4 Å². The van der Waals surface area contributed by atoms with E-state index in [2.05, 4.69) is 59.8 Å². The zero-order valence-corrected chi connectivity index (χ0v) is 12.3. The molecule has 0 atom stereocenters. The fourth-order valence-corrected chi connectivity index (χ4v) is 3.16. The van der Waals surface area contributed by atoms with Gasteiger partial charge in [-0.05, 0) is 41.3 Å². The van der Waals surface area contributed by atoms with Gasteiger partial charge in [0.2, 0.25) is 0 Å². The number of aryl methyl sites for hydroxylation is 1. The van der Waals surface area contributed by atoms with E-state index in [9.17, 15) is 0 Å². The summed E-state index contributed by atoms with van der Waals surface area (Å²) in [6, 6.07) is 13.3. The summed E-state index contributed by atoms with van der Waals surface area (Å²) >= 11 is 0. The Bertz CT molecular complexity index is 771. The summed E-state index contributed by atoms with van der Waals surface area (Å²) < 4.78 is 0. The molecule has 2 heterocycles. The Hall–Kier alpha value is -2.35. The van der Waals surface area contributed by atoms with Crippen molar-refractivity contribution >= 4 is 23.3 Å². The predicted octanol–water partition coefficient (Wildman–Crippen LogP) is 4.50. The van der Waals surface area contributed by atoms with Gasteiger partial charge in [-0.3, -0.25) is 4.99 Å². The lowest BCUT2D eigenvalue weighted by Crippen LogP contribution is -2.12. The second-order valence-electron chi connectivity index (χ2n) is 5.71. The van der Waals surface area contributed by atoms with Crippen LogP contribution in [0.1, 0.15) is 29.2 Å². The maximum atomic E-state index is 4.45. The van der Waals surface area contributed by atoms with Crippen LogP contribution in [-0.2, 0) is 19.4 Å². The number of hydrogen-bond acceptors (Lipinski definition) is 2. The van der Waals surface area contributed by atoms with Gasteiger partial charge in [-0.25, -0.2) is 0 Å². The molecule has 2 aliphatic heterocycles. The Balaban J connectivity index is 1.72. The predicted molar refractivity (Wildman–Crippen MR) is 89.3 cm³/mol. The Labute approximate surface area is 125 Å². The van der Waals surface area contributed by atoms with Crippen LogP contribution in [0, 0.1) is 0 Å². The zero-order valence-electron chi connectivity index (χ0n) is 12.3. The van der Waals surface area contributed by atoms with Crippen LogP contribution in [0.2, 0.25) is 0 Å². The first-order chi connectivity index (χ1) is 10.3. The van der Waals surface area contributed by atoms with Crippen molar-refractivity contribution in [3.05, 3.63) is 65.2 Å². The fraction of sp³-hybridized carbons (Fsp3) is 0.211. The molecule has 0 bridgehead atoms. The van der Waals surface area contributed by atoms with Crippen LogP contribution in [0.5, 0.6) is 0 Å². The maximum Gasteiger partial charge on any atom is 0.0682 e. The van der Waals surface area contributed by atoms with Crippen LogP contribution in [0.25, 0.3) is 5.70 Å². The van der Waals surface area contributed by atoms with Gasteiger partial charge in [-0.1, -0.05) is 31.7 Å². The number of aliphatic imine (C=N–C) groups is 1. The van der Waals surface area contributed by atoms with Gasteiger partial charge >= 0.3 is 0 Å². The number of benzene rings is 2. The molecule has 104 valence electrons. The van der Waals surface area contributed by atoms with Gasteiger partial charge < -0.3 is 4.90 Å². The van der Waals surface area contributed by atoms with Gasteiger partial charge in [0.1, 0.15) is 0 Å². The molecule has 0 saturated carbocycles. The van der Waals surface area contributed by atoms with Crippen LogP contribution in [0.15, 0.2) is 48.0 Å². The maximum absolute atomic E-state index is 4.45. The second-order valence-corrected chi connectivity index (χ2v) is 5.71. The first kappa shape index (κ1) is 12.4. The number of hydrogen-bond donors (Lipinski definition) is 0. The summed E-state index contributed by atoms with van der Waals surface area (Å²) in [7, 11) is 0. The van der Waals surface area contributed by atoms with Crippen molar-refractivity contribution in [2.75, 3.05) is 4.90 Å². The van der Waals surface area contributed by atoms with Gasteiger partial charge in [0, 0.05) is 36.1 Å². The molecule has 2 heteroatoms. The van der Waals surface area contributed by atoms with Crippen molar-refractivity contribution in [1.82, 2.24) is 0 Å². The van der Waals surface area contributed by atoms with Crippen molar-refractivity contribution in [3.63, 3.8) is 0 Å². The third-order valence-corrected chi connectivity index (χ3v) is 4.47. The van der Waals surface area contributed by atoms with E-state index in [0.29, 0.717) is 0 Å². The molecule has 4 rings (SSSR count). The summed E-state index contributed by atoms with van der Waals surface area (Å²) in [6.45, 7) is 7.40. The lowest BCUT2D eigenvalue weighted by Gasteiger charge is -2.20. The van der Waals surface area contributed by atoms with Crippen LogP contribution >= 0.6 is 0 Å². The van der Waals surface area contributed by atoms with Crippen LogP contribution in [-0.4, -0.2) is 6.21 Å². The van der Waals surface area contributed by atoms with E-state index in [0.717, 1.165) is 30.8 Å². The first-order valence-electron chi connectivity index (χ1n) is 7.50. The topological polar surface area (TPSA) is 15.6 Å². The standard InChI is InChI=1S/C19H18N2/c1-3-14-4-5-16-12-21(13(2)18(16)10-14)17-7-6-15-8-9-20-19(15)11-17/h4-7,9-11H,2-3,8,12H2,1H3. The average molecular weight is 274 g/mol. The fourth-order valence-electron chi connectivity index (χ4n) is 3.16. The highest BCUT2D eigenvalue weighted by Crippen LogP contribution is 2.38. The first-order valence-corrected chi connectivity index (χ1v) is 7.50. The normalized spacial score (nSPS) is 15.5. The van der Waals surface area contributed by atoms with Crippen LogP contribution < -0.4 is 4.90 Å². The number of nitrogens with zero attached hydrogens (tertiary/aromatic N) is 2. The Kier molecular flexibility index (Phi) is 2.71. The summed E-state index contributed by atoms with van der Waals surface area (Å²) in [4.78, 5) is 6.74. The number of fused-ring (bicyclic) bond motifs is 2. The van der Waals surface area contributed by atoms with Crippen molar-refractivity contribution in [2.45, 2.75) is 26.3 Å². The highest BCUT2D eigenvalue weighted by atomic mass is 15.2. The summed E-state index contributed by atoms with van der Waals surface area (Å²) in [5.41, 5.74) is 8.73. The molecule has 0 saturated heterocycles. The highest BCUT2D eigenvalue weighted by Gasteiger charge is 2.24. The molecule has 0 amide bonds. The van der Waals surface area contributed by atoms with Gasteiger partial charge in [0.05, 0.1) is 5.69 Å². The molecule has 0 spiro atoms. The second kappa shape index (κ2) is 4.59. The largest absolute Gasteiger partial charge is 0.337 e. The minimum atomic E-state index is 0.903. The Morgan fingerprint density at radius 1 is 1.14 bits per heavy atom. The monoisotopic (exact) mass is 274 g/mol. The molecular formula is C19H18N2. The summed E-state index contributed by atoms with van der Waals surface area (Å²) in [5.74, 6) is 0. The molecule has 0 unspecified atom stereocenters. The van der Waals surface area contributed by atoms with E-state index in [-0.39, 0.29) is 0 Å². The smallest absolute Gasteiger partial charge is 0.0682 e. The molecule has 0 aliphatic carbocycles. The van der Waals surface area contributed by atoms with E-state index in [4.69, 9.17) is 0 Å². The molecule has 21 heavy (non-hydrogen) atoms. The van der Waals surface area contributed by atoms with Crippen molar-refractivity contribution in [2.24, 2.45) is 4.99 Å². The van der Waals surface area contributed by atoms with Crippen molar-refractivity contribution in [3.8, 4) is 0 Å². The third kappa shape index (κ3) is 1.90. The zero-order chi connectivity index (χ0) is 14.4. The lowest BCUT2D eigenvalue weighted by atomic mass is 10.0. The Morgan fingerprint density at radius 3 is 2.86 bits per heavy atom. The molecular weight excluding hydrogens is 256 g/mol.